The van der Waals surface area contributed by atoms with E-state index in [4.69, 9.17) is 6.42 Å². The van der Waals surface area contributed by atoms with Crippen molar-refractivity contribution in [2.24, 2.45) is 0 Å². The number of nitrogens with one attached hydrogen (secondary N) is 1. The number of nitrogens with zero attached hydrogens (tertiary/aromatic N) is 1. The molecule has 0 aliphatic rings. The summed E-state index contributed by atoms with van der Waals surface area (Å²) < 4.78 is 16.0. The first-order chi connectivity index (χ1) is 17.9. The molecule has 4 nitrogen and oxygen atoms in total. The highest BCUT2D eigenvalue weighted by Crippen LogP contribution is 2.42. The molecule has 1 amide bonds. The van der Waals surface area contributed by atoms with Crippen molar-refractivity contribution in [1.29, 1.82) is 0 Å². The Kier molecular flexibility index (Phi) is 9.65. The molecule has 0 unspecified atom stereocenters. The van der Waals surface area contributed by atoms with Crippen LogP contribution in [-0.4, -0.2) is 21.7 Å². The van der Waals surface area contributed by atoms with Gasteiger partial charge in [-0.05, 0) is 59.9 Å². The van der Waals surface area contributed by atoms with Crippen molar-refractivity contribution in [1.82, 2.24) is 4.57 Å². The largest absolute Gasteiger partial charge is 0.392 e. The number of hydrogen-bond acceptors (Lipinski definition) is 2. The van der Waals surface area contributed by atoms with Gasteiger partial charge >= 0.3 is 0 Å². The van der Waals surface area contributed by atoms with Crippen LogP contribution in [0.4, 0.5) is 10.1 Å². The lowest BCUT2D eigenvalue weighted by molar-refractivity contribution is 0.102. The van der Waals surface area contributed by atoms with Gasteiger partial charge in [0.05, 0.1) is 17.4 Å². The van der Waals surface area contributed by atoms with Gasteiger partial charge in [-0.25, -0.2) is 4.39 Å². The second-order valence-corrected chi connectivity index (χ2v) is 9.33. The van der Waals surface area contributed by atoms with Crippen LogP contribution in [0.1, 0.15) is 57.5 Å². The fourth-order valence-electron chi connectivity index (χ4n) is 4.72. The quantitative estimate of drug-likeness (QED) is 0.223. The van der Waals surface area contributed by atoms with Crippen LogP contribution in [-0.2, 0) is 6.54 Å². The molecule has 0 aliphatic carbocycles. The highest BCUT2D eigenvalue weighted by molar-refractivity contribution is 6.12. The molecule has 0 radical (unpaired) electrons. The molecule has 0 aliphatic heterocycles. The Labute approximate surface area is 226 Å². The van der Waals surface area contributed by atoms with Crippen LogP contribution in [0, 0.1) is 18.2 Å². The van der Waals surface area contributed by atoms with E-state index >= 15 is 0 Å². The summed E-state index contributed by atoms with van der Waals surface area (Å²) >= 11 is 0. The zero-order chi connectivity index (χ0) is 26.4. The molecule has 198 valence electrons. The van der Waals surface area contributed by atoms with Crippen molar-refractivity contribution >= 4 is 11.6 Å². The van der Waals surface area contributed by atoms with Crippen LogP contribution in [0.25, 0.3) is 22.4 Å². The predicted octanol–water partition coefficient (Wildman–Crippen LogP) is 7.99. The van der Waals surface area contributed by atoms with Gasteiger partial charge in [0, 0.05) is 31.3 Å². The Morgan fingerprint density at radius 1 is 1.00 bits per heavy atom. The number of benzene rings is 3. The molecular weight excluding hydrogens is 475 g/mol. The number of aromatic nitrogens is 1. The molecule has 0 fully saturated rings. The molecule has 0 bridgehead atoms. The third-order valence-corrected chi connectivity index (χ3v) is 6.33. The van der Waals surface area contributed by atoms with E-state index in [0.717, 1.165) is 28.1 Å². The lowest BCUT2D eigenvalue weighted by Gasteiger charge is -2.18. The maximum atomic E-state index is 14.0. The van der Waals surface area contributed by atoms with Gasteiger partial charge in [-0.3, -0.25) is 4.79 Å². The van der Waals surface area contributed by atoms with Crippen molar-refractivity contribution < 1.29 is 15.7 Å². The highest BCUT2D eigenvalue weighted by atomic mass is 19.1. The summed E-state index contributed by atoms with van der Waals surface area (Å²) in [7, 11) is 0. The summed E-state index contributed by atoms with van der Waals surface area (Å²) in [6, 6.07) is 25.4. The molecule has 5 heteroatoms. The number of aliphatic hydroxyl groups excluding tert-OH is 1. The molecule has 0 saturated heterocycles. The number of amides is 1. The van der Waals surface area contributed by atoms with Gasteiger partial charge in [0.1, 0.15) is 5.82 Å². The fourth-order valence-corrected chi connectivity index (χ4v) is 4.72. The highest BCUT2D eigenvalue weighted by Gasteiger charge is 2.30. The zero-order valence-electron chi connectivity index (χ0n) is 21.1. The number of hydrogen-bond donors (Lipinski definition) is 2. The molecule has 38 heavy (non-hydrogen) atoms. The summed E-state index contributed by atoms with van der Waals surface area (Å²) in [5.74, 6) is 1.94. The van der Waals surface area contributed by atoms with E-state index in [-0.39, 0.29) is 32.9 Å². The average molecular weight is 513 g/mol. The number of carbonyl (C=O) groups is 1. The number of halogens is 1. The first kappa shape index (κ1) is 28.4. The summed E-state index contributed by atoms with van der Waals surface area (Å²) in [5, 5.41) is 13.5. The molecule has 0 spiro atoms. The first-order valence-corrected chi connectivity index (χ1v) is 12.5. The van der Waals surface area contributed by atoms with Crippen LogP contribution in [0.5, 0.6) is 0 Å². The number of carbonyl (C=O) groups excluding carboxylic acids is 1. The molecule has 4 aromatic rings. The predicted molar refractivity (Wildman–Crippen MR) is 157 cm³/mol. The van der Waals surface area contributed by atoms with Gasteiger partial charge in [-0.1, -0.05) is 69.8 Å². The van der Waals surface area contributed by atoms with Gasteiger partial charge < -0.3 is 15.0 Å². The Morgan fingerprint density at radius 2 is 1.61 bits per heavy atom. The van der Waals surface area contributed by atoms with Crippen LogP contribution >= 0.6 is 0 Å². The SMILES string of the molecule is C.C#CC[C@@H](O)CCn1c(-c2ccc(F)cc2)c(-c2ccccc2)c(C(=O)Nc2ccccc2)c1C(C)C.[HH]. The Balaban J connectivity index is 0.00000267. The van der Waals surface area contributed by atoms with E-state index < -0.39 is 6.10 Å². The summed E-state index contributed by atoms with van der Waals surface area (Å²) in [6.45, 7) is 4.54. The van der Waals surface area contributed by atoms with Crippen molar-refractivity contribution in [3.63, 3.8) is 0 Å². The summed E-state index contributed by atoms with van der Waals surface area (Å²) in [6.07, 6.45) is 5.42. The first-order valence-electron chi connectivity index (χ1n) is 12.5. The molecule has 1 heterocycles. The standard InChI is InChI=1S/C32H31FN2O2.CH4.H2/c1-4-11-27(36)20-21-35-30(22(2)3)29(32(37)34-26-14-9-6-10-15-26)28(23-12-7-5-8-13-23)31(35)24-16-18-25(33)19-17-24;;/h1,5-10,12-19,22,27,36H,11,20-21H2,2-3H3,(H,34,37);1H4;1H/t27-;;/m1../s1. The van der Waals surface area contributed by atoms with Crippen LogP contribution in [0.15, 0.2) is 84.9 Å². The number of terminal acetylenes is 1. The number of para-hydroxylation sites is 1. The minimum atomic E-state index is -0.671. The van der Waals surface area contributed by atoms with Gasteiger partial charge in [-0.15, -0.1) is 12.3 Å². The van der Waals surface area contributed by atoms with E-state index in [0.29, 0.717) is 24.2 Å². The molecule has 4 rings (SSSR count). The number of rotatable bonds is 9. The Hall–Kier alpha value is -4.14. The summed E-state index contributed by atoms with van der Waals surface area (Å²) in [5.41, 5.74) is 5.35. The zero-order valence-corrected chi connectivity index (χ0v) is 21.1. The van der Waals surface area contributed by atoms with Gasteiger partial charge in [-0.2, -0.15) is 0 Å². The van der Waals surface area contributed by atoms with Crippen LogP contribution in [0.2, 0.25) is 0 Å². The molecule has 3 aromatic carbocycles. The lowest BCUT2D eigenvalue weighted by atomic mass is 9.94. The fraction of sp³-hybridized carbons (Fsp3) is 0.242. The monoisotopic (exact) mass is 512 g/mol. The van der Waals surface area contributed by atoms with Gasteiger partial charge in [0.2, 0.25) is 0 Å². The number of aliphatic hydroxyl groups is 1. The van der Waals surface area contributed by atoms with E-state index in [9.17, 15) is 14.3 Å². The van der Waals surface area contributed by atoms with Crippen molar-refractivity contribution in [2.45, 2.75) is 52.7 Å². The minimum absolute atomic E-state index is 0. The summed E-state index contributed by atoms with van der Waals surface area (Å²) in [4.78, 5) is 14.0. The van der Waals surface area contributed by atoms with Crippen LogP contribution < -0.4 is 5.32 Å². The average Bonchev–Trinajstić information content (AvgIpc) is 3.25. The Morgan fingerprint density at radius 3 is 2.18 bits per heavy atom. The van der Waals surface area contributed by atoms with E-state index in [1.165, 1.54) is 12.1 Å². The minimum Gasteiger partial charge on any atom is -0.392 e. The normalized spacial score (nSPS) is 11.5. The maximum absolute atomic E-state index is 14.0. The smallest absolute Gasteiger partial charge is 0.258 e. The Bertz CT molecular complexity index is 1390. The number of anilines is 1. The second kappa shape index (κ2) is 12.9. The third-order valence-electron chi connectivity index (χ3n) is 6.33. The topological polar surface area (TPSA) is 54.3 Å². The van der Waals surface area contributed by atoms with E-state index in [1.54, 1.807) is 12.1 Å². The second-order valence-electron chi connectivity index (χ2n) is 9.33. The molecule has 0 saturated carbocycles. The molecule has 1 aromatic heterocycles. The van der Waals surface area contributed by atoms with Gasteiger partial charge in [0.15, 0.2) is 0 Å². The van der Waals surface area contributed by atoms with Crippen molar-refractivity contribution in [2.75, 3.05) is 5.32 Å². The lowest BCUT2D eigenvalue weighted by Crippen LogP contribution is -2.17. The van der Waals surface area contributed by atoms with Gasteiger partial charge in [0.25, 0.3) is 5.91 Å². The van der Waals surface area contributed by atoms with Crippen molar-refractivity contribution in [3.05, 3.63) is 102 Å². The van der Waals surface area contributed by atoms with Crippen molar-refractivity contribution in [3.8, 4) is 34.7 Å². The van der Waals surface area contributed by atoms with E-state index in [2.05, 4.69) is 15.8 Å². The molecule has 2 N–H and O–H groups in total. The maximum Gasteiger partial charge on any atom is 0.258 e. The molecule has 1 atom stereocenters. The van der Waals surface area contributed by atoms with Crippen LogP contribution in [0.3, 0.4) is 0 Å². The third kappa shape index (κ3) is 6.22. The molecular formula is C33H37FN2O2. The van der Waals surface area contributed by atoms with E-state index in [1.807, 2.05) is 74.5 Å².